The van der Waals surface area contributed by atoms with Gasteiger partial charge in [0.2, 0.25) is 5.16 Å². The minimum atomic E-state index is 0.193. The van der Waals surface area contributed by atoms with E-state index in [1.165, 1.54) is 5.56 Å². The summed E-state index contributed by atoms with van der Waals surface area (Å²) in [5.41, 5.74) is 3.36. The molecule has 0 spiro atoms. The summed E-state index contributed by atoms with van der Waals surface area (Å²) in [5.74, 6) is 0.807. The molecule has 0 aliphatic heterocycles. The van der Waals surface area contributed by atoms with Crippen LogP contribution in [0.3, 0.4) is 0 Å². The number of aromatic nitrogens is 4. The summed E-state index contributed by atoms with van der Waals surface area (Å²) in [6.07, 6.45) is 0.740. The number of tetrazole rings is 1. The summed E-state index contributed by atoms with van der Waals surface area (Å²) < 4.78 is 1.75. The highest BCUT2D eigenvalue weighted by atomic mass is 32.2. The molecule has 0 bridgehead atoms. The second kappa shape index (κ2) is 5.97. The fourth-order valence-electron chi connectivity index (χ4n) is 1.69. The Morgan fingerprint density at radius 1 is 1.33 bits per heavy atom. The van der Waals surface area contributed by atoms with Crippen LogP contribution >= 0.6 is 11.8 Å². The van der Waals surface area contributed by atoms with E-state index >= 15 is 0 Å². The summed E-state index contributed by atoms with van der Waals surface area (Å²) in [6, 6.07) is 6.18. The fraction of sp³-hybridized carbons (Fsp3) is 0.417. The van der Waals surface area contributed by atoms with Crippen LogP contribution in [0, 0.1) is 13.8 Å². The molecule has 2 aromatic rings. The molecule has 96 valence electrons. The molecule has 1 heterocycles. The summed E-state index contributed by atoms with van der Waals surface area (Å²) in [7, 11) is 0. The van der Waals surface area contributed by atoms with Gasteiger partial charge >= 0.3 is 0 Å². The average Bonchev–Trinajstić information content (AvgIpc) is 2.78. The maximum absolute atomic E-state index is 8.78. The molecule has 0 saturated heterocycles. The normalized spacial score (nSPS) is 10.8. The van der Waals surface area contributed by atoms with Crippen LogP contribution in [0.2, 0.25) is 0 Å². The Labute approximate surface area is 110 Å². The lowest BCUT2D eigenvalue weighted by atomic mass is 10.1. The van der Waals surface area contributed by atoms with E-state index in [1.54, 1.807) is 16.4 Å². The van der Waals surface area contributed by atoms with Gasteiger partial charge in [0.1, 0.15) is 0 Å². The Balaban J connectivity index is 2.25. The minimum Gasteiger partial charge on any atom is -0.396 e. The standard InChI is InChI=1S/C12H16N4OS/c1-9-4-5-11(10(2)8-9)16-12(13-14-15-16)18-7-3-6-17/h4-5,8,17H,3,6-7H2,1-2H3. The highest BCUT2D eigenvalue weighted by molar-refractivity contribution is 7.99. The maximum Gasteiger partial charge on any atom is 0.214 e. The summed E-state index contributed by atoms with van der Waals surface area (Å²) in [6.45, 7) is 4.30. The molecule has 18 heavy (non-hydrogen) atoms. The van der Waals surface area contributed by atoms with Gasteiger partial charge in [-0.1, -0.05) is 29.5 Å². The van der Waals surface area contributed by atoms with E-state index < -0.39 is 0 Å². The van der Waals surface area contributed by atoms with Gasteiger partial charge in [0.25, 0.3) is 0 Å². The van der Waals surface area contributed by atoms with E-state index in [1.807, 2.05) is 19.1 Å². The maximum atomic E-state index is 8.78. The van der Waals surface area contributed by atoms with Gasteiger partial charge in [-0.15, -0.1) is 5.10 Å². The van der Waals surface area contributed by atoms with Crippen molar-refractivity contribution >= 4 is 11.8 Å². The molecule has 0 amide bonds. The molecule has 0 saturated carbocycles. The topological polar surface area (TPSA) is 63.8 Å². The first-order chi connectivity index (χ1) is 8.72. The number of aliphatic hydroxyl groups excluding tert-OH is 1. The van der Waals surface area contributed by atoms with E-state index in [-0.39, 0.29) is 6.61 Å². The molecular weight excluding hydrogens is 248 g/mol. The van der Waals surface area contributed by atoms with Crippen LogP contribution in [0.4, 0.5) is 0 Å². The lowest BCUT2D eigenvalue weighted by molar-refractivity contribution is 0.296. The minimum absolute atomic E-state index is 0.193. The molecule has 5 nitrogen and oxygen atoms in total. The van der Waals surface area contributed by atoms with Gasteiger partial charge in [-0.05, 0) is 42.3 Å². The van der Waals surface area contributed by atoms with E-state index in [0.717, 1.165) is 28.6 Å². The first kappa shape index (κ1) is 13.0. The Morgan fingerprint density at radius 3 is 2.89 bits per heavy atom. The lowest BCUT2D eigenvalue weighted by Crippen LogP contribution is -2.02. The zero-order valence-electron chi connectivity index (χ0n) is 10.5. The zero-order valence-corrected chi connectivity index (χ0v) is 11.3. The Kier molecular flexibility index (Phi) is 4.33. The molecule has 1 aromatic heterocycles. The van der Waals surface area contributed by atoms with E-state index in [0.29, 0.717) is 0 Å². The van der Waals surface area contributed by atoms with Gasteiger partial charge in [-0.2, -0.15) is 4.68 Å². The molecule has 0 unspecified atom stereocenters. The quantitative estimate of drug-likeness (QED) is 0.658. The number of aliphatic hydroxyl groups is 1. The summed E-state index contributed by atoms with van der Waals surface area (Å²) >= 11 is 1.55. The first-order valence-corrected chi connectivity index (χ1v) is 6.80. The lowest BCUT2D eigenvalue weighted by Gasteiger charge is -2.07. The smallest absolute Gasteiger partial charge is 0.214 e. The van der Waals surface area contributed by atoms with Crippen LogP contribution in [-0.2, 0) is 0 Å². The van der Waals surface area contributed by atoms with Crippen LogP contribution in [0.15, 0.2) is 23.4 Å². The van der Waals surface area contributed by atoms with Crippen LogP contribution in [0.25, 0.3) is 5.69 Å². The van der Waals surface area contributed by atoms with Crippen molar-refractivity contribution in [3.05, 3.63) is 29.3 Å². The van der Waals surface area contributed by atoms with Gasteiger partial charge in [0.05, 0.1) is 5.69 Å². The van der Waals surface area contributed by atoms with Crippen molar-refractivity contribution in [3.8, 4) is 5.69 Å². The Hall–Kier alpha value is -1.40. The second-order valence-electron chi connectivity index (χ2n) is 4.09. The summed E-state index contributed by atoms with van der Waals surface area (Å²) in [5, 5.41) is 21.3. The zero-order chi connectivity index (χ0) is 13.0. The molecule has 1 N–H and O–H groups in total. The van der Waals surface area contributed by atoms with Crippen molar-refractivity contribution in [3.63, 3.8) is 0 Å². The van der Waals surface area contributed by atoms with Crippen LogP contribution in [-0.4, -0.2) is 37.7 Å². The molecule has 0 aliphatic rings. The van der Waals surface area contributed by atoms with E-state index in [4.69, 9.17) is 5.11 Å². The van der Waals surface area contributed by atoms with Crippen molar-refractivity contribution in [2.45, 2.75) is 25.4 Å². The van der Waals surface area contributed by atoms with Crippen LogP contribution in [0.5, 0.6) is 0 Å². The average molecular weight is 264 g/mol. The second-order valence-corrected chi connectivity index (χ2v) is 5.15. The van der Waals surface area contributed by atoms with Gasteiger partial charge in [-0.25, -0.2) is 0 Å². The van der Waals surface area contributed by atoms with Crippen molar-refractivity contribution in [2.24, 2.45) is 0 Å². The molecule has 0 aliphatic carbocycles. The van der Waals surface area contributed by atoms with Crippen molar-refractivity contribution in [1.29, 1.82) is 0 Å². The Bertz CT molecular complexity index is 527. The van der Waals surface area contributed by atoms with E-state index in [2.05, 4.69) is 28.5 Å². The number of rotatable bonds is 5. The highest BCUT2D eigenvalue weighted by Gasteiger charge is 2.10. The number of hydrogen-bond acceptors (Lipinski definition) is 5. The van der Waals surface area contributed by atoms with E-state index in [9.17, 15) is 0 Å². The van der Waals surface area contributed by atoms with Gasteiger partial charge in [-0.3, -0.25) is 0 Å². The SMILES string of the molecule is Cc1ccc(-n2nnnc2SCCCO)c(C)c1. The summed E-state index contributed by atoms with van der Waals surface area (Å²) in [4.78, 5) is 0. The third kappa shape index (κ3) is 2.88. The monoisotopic (exact) mass is 264 g/mol. The molecular formula is C12H16N4OS. The predicted molar refractivity (Wildman–Crippen MR) is 71.1 cm³/mol. The third-order valence-electron chi connectivity index (χ3n) is 2.55. The number of benzene rings is 1. The molecule has 0 fully saturated rings. The van der Waals surface area contributed by atoms with Gasteiger partial charge < -0.3 is 5.11 Å². The fourth-order valence-corrected chi connectivity index (χ4v) is 2.50. The molecule has 0 radical (unpaired) electrons. The molecule has 2 rings (SSSR count). The molecule has 1 aromatic carbocycles. The number of hydrogen-bond donors (Lipinski definition) is 1. The third-order valence-corrected chi connectivity index (χ3v) is 3.56. The number of nitrogens with zero attached hydrogens (tertiary/aromatic N) is 4. The van der Waals surface area contributed by atoms with Crippen LogP contribution in [0.1, 0.15) is 17.5 Å². The molecule has 0 atom stereocenters. The van der Waals surface area contributed by atoms with Gasteiger partial charge in [0, 0.05) is 12.4 Å². The van der Waals surface area contributed by atoms with Gasteiger partial charge in [0.15, 0.2) is 0 Å². The van der Waals surface area contributed by atoms with Crippen LogP contribution < -0.4 is 0 Å². The number of aryl methyl sites for hydroxylation is 2. The first-order valence-electron chi connectivity index (χ1n) is 5.82. The number of thioether (sulfide) groups is 1. The van der Waals surface area contributed by atoms with Crippen molar-refractivity contribution in [2.75, 3.05) is 12.4 Å². The van der Waals surface area contributed by atoms with Crippen molar-refractivity contribution in [1.82, 2.24) is 20.2 Å². The Morgan fingerprint density at radius 2 is 2.17 bits per heavy atom. The largest absolute Gasteiger partial charge is 0.396 e. The molecule has 6 heteroatoms. The highest BCUT2D eigenvalue weighted by Crippen LogP contribution is 2.21. The predicted octanol–water partition coefficient (Wildman–Crippen LogP) is 1.75. The van der Waals surface area contributed by atoms with Crippen molar-refractivity contribution < 1.29 is 5.11 Å².